The highest BCUT2D eigenvalue weighted by atomic mass is 16.5. The van der Waals surface area contributed by atoms with Crippen LogP contribution in [-0.2, 0) is 14.3 Å². The molecule has 4 rings (SSSR count). The predicted octanol–water partition coefficient (Wildman–Crippen LogP) is 3.57. The van der Waals surface area contributed by atoms with Gasteiger partial charge in [-0.1, -0.05) is 43.0 Å². The predicted molar refractivity (Wildman–Crippen MR) is 126 cm³/mol. The van der Waals surface area contributed by atoms with E-state index in [0.717, 1.165) is 16.9 Å². The van der Waals surface area contributed by atoms with Gasteiger partial charge in [-0.2, -0.15) is 5.26 Å². The number of aromatic nitrogens is 1. The van der Waals surface area contributed by atoms with Crippen LogP contribution in [0.15, 0.2) is 61.2 Å². The van der Waals surface area contributed by atoms with Crippen molar-refractivity contribution >= 4 is 29.3 Å². The fourth-order valence-electron chi connectivity index (χ4n) is 3.95. The third-order valence-electron chi connectivity index (χ3n) is 5.79. The number of anilines is 1. The molecular weight excluding hydrogens is 432 g/mol. The van der Waals surface area contributed by atoms with Crippen molar-refractivity contribution < 1.29 is 19.1 Å². The topological polar surface area (TPSA) is 104 Å². The van der Waals surface area contributed by atoms with Crippen LogP contribution in [0.4, 0.5) is 5.82 Å². The van der Waals surface area contributed by atoms with Gasteiger partial charge in [-0.3, -0.25) is 23.9 Å². The van der Waals surface area contributed by atoms with E-state index < -0.39 is 18.5 Å². The summed E-state index contributed by atoms with van der Waals surface area (Å²) in [4.78, 5) is 38.8. The summed E-state index contributed by atoms with van der Waals surface area (Å²) < 4.78 is 6.89. The molecule has 8 heteroatoms. The van der Waals surface area contributed by atoms with Gasteiger partial charge in [0.1, 0.15) is 18.4 Å². The summed E-state index contributed by atoms with van der Waals surface area (Å²) in [6.07, 6.45) is 0. The largest absolute Gasteiger partial charge is 0.454 e. The molecule has 0 bridgehead atoms. The lowest BCUT2D eigenvalue weighted by Gasteiger charge is -2.16. The van der Waals surface area contributed by atoms with Crippen molar-refractivity contribution in [3.8, 4) is 11.8 Å². The second kappa shape index (κ2) is 9.08. The van der Waals surface area contributed by atoms with Crippen molar-refractivity contribution in [1.29, 1.82) is 5.26 Å². The van der Waals surface area contributed by atoms with Gasteiger partial charge in [0.05, 0.1) is 5.56 Å². The SMILES string of the molecule is C=C1c2ccccc2C(=O)N1CC(=O)OCC(=O)Nc1c(C#N)c(C)c(C)n1-c1ccccc1. The average molecular weight is 454 g/mol. The van der Waals surface area contributed by atoms with Gasteiger partial charge in [-0.25, -0.2) is 0 Å². The van der Waals surface area contributed by atoms with Gasteiger partial charge < -0.3 is 10.1 Å². The zero-order chi connectivity index (χ0) is 24.4. The molecule has 1 aromatic heterocycles. The Morgan fingerprint density at radius 3 is 2.35 bits per heavy atom. The number of rotatable bonds is 6. The number of hydrogen-bond donors (Lipinski definition) is 1. The molecule has 2 amide bonds. The van der Waals surface area contributed by atoms with Crippen LogP contribution in [0.5, 0.6) is 0 Å². The van der Waals surface area contributed by atoms with Crippen LogP contribution in [0.3, 0.4) is 0 Å². The minimum absolute atomic E-state index is 0.309. The Bertz CT molecular complexity index is 1330. The molecule has 0 aliphatic carbocycles. The van der Waals surface area contributed by atoms with E-state index in [1.165, 1.54) is 4.90 Å². The van der Waals surface area contributed by atoms with Crippen molar-refractivity contribution in [2.45, 2.75) is 13.8 Å². The number of carbonyl (C=O) groups excluding carboxylic acids is 3. The summed E-state index contributed by atoms with van der Waals surface area (Å²) in [5, 5.41) is 12.3. The van der Waals surface area contributed by atoms with E-state index in [1.807, 2.05) is 37.3 Å². The molecule has 2 aromatic carbocycles. The molecule has 170 valence electrons. The van der Waals surface area contributed by atoms with Crippen molar-refractivity contribution in [3.63, 3.8) is 0 Å². The van der Waals surface area contributed by atoms with Gasteiger partial charge in [0.2, 0.25) is 0 Å². The molecule has 0 radical (unpaired) electrons. The van der Waals surface area contributed by atoms with E-state index in [2.05, 4.69) is 18.0 Å². The van der Waals surface area contributed by atoms with Gasteiger partial charge in [0, 0.05) is 28.2 Å². The molecule has 0 spiro atoms. The van der Waals surface area contributed by atoms with Crippen LogP contribution in [0.25, 0.3) is 11.4 Å². The first kappa shape index (κ1) is 22.6. The molecule has 8 nitrogen and oxygen atoms in total. The summed E-state index contributed by atoms with van der Waals surface area (Å²) in [5.41, 5.74) is 4.20. The minimum atomic E-state index is -0.747. The molecule has 0 fully saturated rings. The van der Waals surface area contributed by atoms with Crippen LogP contribution < -0.4 is 5.32 Å². The van der Waals surface area contributed by atoms with Gasteiger partial charge in [0.15, 0.2) is 6.61 Å². The Hall–Kier alpha value is -4.64. The number of fused-ring (bicyclic) bond motifs is 1. The van der Waals surface area contributed by atoms with E-state index >= 15 is 0 Å². The second-order valence-electron chi connectivity index (χ2n) is 7.81. The Morgan fingerprint density at radius 2 is 1.71 bits per heavy atom. The highest BCUT2D eigenvalue weighted by Crippen LogP contribution is 2.31. The quantitative estimate of drug-likeness (QED) is 0.574. The zero-order valence-electron chi connectivity index (χ0n) is 18.8. The summed E-state index contributed by atoms with van der Waals surface area (Å²) in [7, 11) is 0. The van der Waals surface area contributed by atoms with Crippen LogP contribution in [0, 0.1) is 25.2 Å². The normalized spacial score (nSPS) is 12.3. The molecule has 0 saturated heterocycles. The maximum Gasteiger partial charge on any atom is 0.326 e. The lowest BCUT2D eigenvalue weighted by Crippen LogP contribution is -2.32. The molecule has 1 aliphatic heterocycles. The third kappa shape index (κ3) is 3.95. The number of hydrogen-bond acceptors (Lipinski definition) is 5. The van der Waals surface area contributed by atoms with Gasteiger partial charge in [0.25, 0.3) is 11.8 Å². The van der Waals surface area contributed by atoms with Gasteiger partial charge in [-0.15, -0.1) is 0 Å². The fraction of sp³-hybridized carbons (Fsp3) is 0.154. The molecule has 1 N–H and O–H groups in total. The fourth-order valence-corrected chi connectivity index (χ4v) is 3.95. The van der Waals surface area contributed by atoms with E-state index in [9.17, 15) is 19.6 Å². The lowest BCUT2D eigenvalue weighted by atomic mass is 10.1. The van der Waals surface area contributed by atoms with E-state index in [1.54, 1.807) is 35.8 Å². The minimum Gasteiger partial charge on any atom is -0.454 e. The zero-order valence-corrected chi connectivity index (χ0v) is 18.8. The maximum atomic E-state index is 12.6. The van der Waals surface area contributed by atoms with E-state index in [4.69, 9.17) is 4.74 Å². The number of esters is 1. The molecule has 2 heterocycles. The monoisotopic (exact) mass is 454 g/mol. The van der Waals surface area contributed by atoms with Crippen LogP contribution in [-0.4, -0.2) is 40.4 Å². The average Bonchev–Trinajstić information content (AvgIpc) is 3.22. The van der Waals surface area contributed by atoms with Crippen molar-refractivity contribution in [1.82, 2.24) is 9.47 Å². The first-order valence-corrected chi connectivity index (χ1v) is 10.6. The van der Waals surface area contributed by atoms with Crippen LogP contribution in [0.2, 0.25) is 0 Å². The Labute approximate surface area is 196 Å². The van der Waals surface area contributed by atoms with Crippen molar-refractivity contribution in [2.75, 3.05) is 18.5 Å². The summed E-state index contributed by atoms with van der Waals surface area (Å²) >= 11 is 0. The third-order valence-corrected chi connectivity index (χ3v) is 5.79. The van der Waals surface area contributed by atoms with Crippen molar-refractivity contribution in [2.24, 2.45) is 0 Å². The van der Waals surface area contributed by atoms with E-state index in [0.29, 0.717) is 28.2 Å². The Balaban J connectivity index is 1.44. The number of para-hydroxylation sites is 1. The lowest BCUT2D eigenvalue weighted by molar-refractivity contribution is -0.147. The summed E-state index contributed by atoms with van der Waals surface area (Å²) in [6, 6.07) is 18.4. The molecular formula is C26H22N4O4. The highest BCUT2D eigenvalue weighted by Gasteiger charge is 2.32. The Kier molecular flexibility index (Phi) is 6.02. The van der Waals surface area contributed by atoms with Crippen LogP contribution >= 0.6 is 0 Å². The number of nitriles is 1. The second-order valence-corrected chi connectivity index (χ2v) is 7.81. The molecule has 0 saturated carbocycles. The first-order valence-electron chi connectivity index (χ1n) is 10.6. The number of carbonyl (C=O) groups is 3. The summed E-state index contributed by atoms with van der Waals surface area (Å²) in [6.45, 7) is 6.62. The van der Waals surface area contributed by atoms with E-state index in [-0.39, 0.29) is 12.5 Å². The Morgan fingerprint density at radius 1 is 1.06 bits per heavy atom. The smallest absolute Gasteiger partial charge is 0.326 e. The molecule has 1 aliphatic rings. The molecule has 0 atom stereocenters. The standard InChI is InChI=1S/C26H22N4O4/c1-16-17(2)30(19-9-5-4-6-10-19)25(22(16)13-27)28-23(31)15-34-24(32)14-29-18(3)20-11-7-8-12-21(20)26(29)33/h4-12H,3,14-15H2,1-2H3,(H,28,31). The van der Waals surface area contributed by atoms with Gasteiger partial charge >= 0.3 is 5.97 Å². The number of amides is 2. The summed E-state index contributed by atoms with van der Waals surface area (Å²) in [5.74, 6) is -1.38. The van der Waals surface area contributed by atoms with Crippen molar-refractivity contribution in [3.05, 3.63) is 89.1 Å². The first-order chi connectivity index (χ1) is 16.3. The number of nitrogens with zero attached hydrogens (tertiary/aromatic N) is 3. The molecule has 3 aromatic rings. The maximum absolute atomic E-state index is 12.6. The highest BCUT2D eigenvalue weighted by molar-refractivity contribution is 6.10. The van der Waals surface area contributed by atoms with Crippen LogP contribution in [0.1, 0.15) is 32.7 Å². The van der Waals surface area contributed by atoms with Gasteiger partial charge in [-0.05, 0) is 37.6 Å². The number of nitrogens with one attached hydrogen (secondary N) is 1. The number of ether oxygens (including phenoxy) is 1. The number of benzene rings is 2. The molecule has 0 unspecified atom stereocenters. The molecule has 34 heavy (non-hydrogen) atoms.